The number of rotatable bonds is 8. The highest BCUT2D eigenvalue weighted by atomic mass is 35.5. The molecule has 3 aromatic rings. The monoisotopic (exact) mass is 490 g/mol. The van der Waals surface area contributed by atoms with Crippen LogP contribution in [0, 0.1) is 0 Å². The van der Waals surface area contributed by atoms with Gasteiger partial charge >= 0.3 is 0 Å². The third-order valence-corrected chi connectivity index (χ3v) is 5.49. The minimum Gasteiger partial charge on any atom is -0.483 e. The van der Waals surface area contributed by atoms with E-state index in [1.807, 2.05) is 32.0 Å². The first-order valence-electron chi connectivity index (χ1n) is 9.68. The summed E-state index contributed by atoms with van der Waals surface area (Å²) in [5.41, 5.74) is 6.07. The highest BCUT2D eigenvalue weighted by Gasteiger charge is 2.22. The van der Waals surface area contributed by atoms with Gasteiger partial charge in [-0.25, -0.2) is 4.98 Å². The van der Waals surface area contributed by atoms with E-state index in [-0.39, 0.29) is 34.5 Å². The molecule has 3 rings (SSSR count). The van der Waals surface area contributed by atoms with E-state index in [1.165, 1.54) is 18.3 Å². The molecule has 0 radical (unpaired) electrons. The molecule has 1 aromatic heterocycles. The van der Waals surface area contributed by atoms with Crippen molar-refractivity contribution in [2.24, 2.45) is 5.73 Å². The summed E-state index contributed by atoms with van der Waals surface area (Å²) in [5, 5.41) is 1.10. The maximum atomic E-state index is 12.9. The molecule has 0 amide bonds. The lowest BCUT2D eigenvalue weighted by Crippen LogP contribution is -2.37. The average Bonchev–Trinajstić information content (AvgIpc) is 2.76. The molecule has 0 aliphatic carbocycles. The van der Waals surface area contributed by atoms with E-state index >= 15 is 0 Å². The Bertz CT molecular complexity index is 1160. The van der Waals surface area contributed by atoms with Crippen molar-refractivity contribution < 1.29 is 14.3 Å². The Morgan fingerprint density at radius 2 is 1.72 bits per heavy atom. The first kappa shape index (κ1) is 24.1. The number of aromatic nitrogens is 1. The van der Waals surface area contributed by atoms with E-state index in [1.54, 1.807) is 30.3 Å². The molecule has 0 atom stereocenters. The average molecular weight is 492 g/mol. The summed E-state index contributed by atoms with van der Waals surface area (Å²) < 4.78 is 11.9. The van der Waals surface area contributed by atoms with Crippen molar-refractivity contribution in [2.45, 2.75) is 19.4 Å². The number of hydrogen-bond acceptors (Lipinski definition) is 5. The minimum absolute atomic E-state index is 0.0927. The number of hydrogen-bond donors (Lipinski definition) is 1. The predicted octanol–water partition coefficient (Wildman–Crippen LogP) is 6.85. The van der Waals surface area contributed by atoms with Crippen molar-refractivity contribution in [3.8, 4) is 17.4 Å². The van der Waals surface area contributed by atoms with Crippen LogP contribution in [0.1, 0.15) is 29.8 Å². The Morgan fingerprint density at radius 3 is 2.41 bits per heavy atom. The molecule has 8 heteroatoms. The lowest BCUT2D eigenvalue weighted by Gasteiger charge is -2.26. The fourth-order valence-corrected chi connectivity index (χ4v) is 3.14. The van der Waals surface area contributed by atoms with Crippen LogP contribution >= 0.6 is 34.8 Å². The van der Waals surface area contributed by atoms with Gasteiger partial charge in [-0.2, -0.15) is 0 Å². The second-order valence-electron chi connectivity index (χ2n) is 7.46. The molecule has 0 fully saturated rings. The molecule has 0 saturated carbocycles. The maximum absolute atomic E-state index is 12.9. The number of carbonyl (C=O) groups excluding carboxylic acids is 1. The van der Waals surface area contributed by atoms with E-state index in [2.05, 4.69) is 4.98 Å². The number of ether oxygens (including phenoxy) is 2. The fraction of sp³-hybridized carbons (Fsp3) is 0.167. The standard InChI is InChI=1S/C24H21Cl3N2O3/c1-24(2,14-28)32-22-13-19(27)18(26)12-21(22)31-23-16(7-5-11-29-23)20(30)10-9-15-6-3-4-8-17(15)25/h3-13H,14,28H2,1-2H3. The highest BCUT2D eigenvalue weighted by Crippen LogP contribution is 2.40. The molecule has 0 unspecified atom stereocenters. The number of allylic oxidation sites excluding steroid dienone is 1. The van der Waals surface area contributed by atoms with E-state index < -0.39 is 5.60 Å². The molecule has 0 bridgehead atoms. The van der Waals surface area contributed by atoms with E-state index in [0.29, 0.717) is 15.8 Å². The number of nitrogens with zero attached hydrogens (tertiary/aromatic N) is 1. The van der Waals surface area contributed by atoms with Gasteiger partial charge in [0.2, 0.25) is 5.88 Å². The third-order valence-electron chi connectivity index (χ3n) is 4.43. The predicted molar refractivity (Wildman–Crippen MR) is 129 cm³/mol. The van der Waals surface area contributed by atoms with Gasteiger partial charge in [0, 0.05) is 29.9 Å². The van der Waals surface area contributed by atoms with Crippen LogP contribution in [-0.4, -0.2) is 22.9 Å². The van der Waals surface area contributed by atoms with Crippen LogP contribution in [0.25, 0.3) is 6.08 Å². The second kappa shape index (κ2) is 10.4. The Kier molecular flexibility index (Phi) is 7.80. The molecule has 2 N–H and O–H groups in total. The smallest absolute Gasteiger partial charge is 0.230 e. The topological polar surface area (TPSA) is 74.4 Å². The molecule has 2 aromatic carbocycles. The summed E-state index contributed by atoms with van der Waals surface area (Å²) in [4.78, 5) is 17.1. The van der Waals surface area contributed by atoms with Gasteiger partial charge in [0.15, 0.2) is 17.3 Å². The summed E-state index contributed by atoms with van der Waals surface area (Å²) >= 11 is 18.5. The van der Waals surface area contributed by atoms with Gasteiger partial charge in [0.05, 0.1) is 15.6 Å². The summed E-state index contributed by atoms with van der Waals surface area (Å²) in [6.45, 7) is 3.91. The van der Waals surface area contributed by atoms with Crippen molar-refractivity contribution >= 4 is 46.7 Å². The zero-order valence-electron chi connectivity index (χ0n) is 17.4. The normalized spacial score (nSPS) is 11.6. The van der Waals surface area contributed by atoms with Crippen molar-refractivity contribution in [1.29, 1.82) is 0 Å². The molecular weight excluding hydrogens is 471 g/mol. The lowest BCUT2D eigenvalue weighted by molar-refractivity contribution is 0.104. The molecule has 5 nitrogen and oxygen atoms in total. The summed E-state index contributed by atoms with van der Waals surface area (Å²) in [6, 6.07) is 13.5. The summed E-state index contributed by atoms with van der Waals surface area (Å²) in [5.74, 6) is 0.363. The van der Waals surface area contributed by atoms with Crippen LogP contribution < -0.4 is 15.2 Å². The van der Waals surface area contributed by atoms with Crippen molar-refractivity contribution in [2.75, 3.05) is 6.54 Å². The second-order valence-corrected chi connectivity index (χ2v) is 8.68. The van der Waals surface area contributed by atoms with Gasteiger partial charge in [-0.05, 0) is 49.8 Å². The molecule has 166 valence electrons. The first-order valence-corrected chi connectivity index (χ1v) is 10.8. The first-order chi connectivity index (χ1) is 15.2. The Hall–Kier alpha value is -2.57. The van der Waals surface area contributed by atoms with Crippen molar-refractivity contribution in [1.82, 2.24) is 4.98 Å². The van der Waals surface area contributed by atoms with Gasteiger partial charge < -0.3 is 15.2 Å². The van der Waals surface area contributed by atoms with Gasteiger partial charge in [-0.3, -0.25) is 4.79 Å². The van der Waals surface area contributed by atoms with E-state index in [4.69, 9.17) is 50.0 Å². The van der Waals surface area contributed by atoms with Gasteiger partial charge in [0.25, 0.3) is 0 Å². The summed E-state index contributed by atoms with van der Waals surface area (Å²) in [7, 11) is 0. The molecular formula is C24H21Cl3N2O3. The van der Waals surface area contributed by atoms with E-state index in [0.717, 1.165) is 5.56 Å². The highest BCUT2D eigenvalue weighted by molar-refractivity contribution is 6.42. The van der Waals surface area contributed by atoms with Crippen LogP contribution in [-0.2, 0) is 0 Å². The quantitative estimate of drug-likeness (QED) is 0.275. The Morgan fingerprint density at radius 1 is 1.03 bits per heavy atom. The van der Waals surface area contributed by atoms with Crippen molar-refractivity contribution in [3.05, 3.63) is 87.0 Å². The molecule has 32 heavy (non-hydrogen) atoms. The van der Waals surface area contributed by atoms with Gasteiger partial charge in [-0.1, -0.05) is 53.0 Å². The number of ketones is 1. The van der Waals surface area contributed by atoms with Crippen LogP contribution in [0.15, 0.2) is 60.8 Å². The molecule has 1 heterocycles. The zero-order chi connectivity index (χ0) is 23.3. The Balaban J connectivity index is 1.94. The third kappa shape index (κ3) is 6.02. The fourth-order valence-electron chi connectivity index (χ4n) is 2.64. The van der Waals surface area contributed by atoms with Crippen LogP contribution in [0.4, 0.5) is 0 Å². The van der Waals surface area contributed by atoms with E-state index in [9.17, 15) is 4.79 Å². The number of carbonyl (C=O) groups is 1. The number of halogens is 3. The molecule has 0 spiro atoms. The van der Waals surface area contributed by atoms with Gasteiger partial charge in [0.1, 0.15) is 5.60 Å². The largest absolute Gasteiger partial charge is 0.483 e. The van der Waals surface area contributed by atoms with Gasteiger partial charge in [-0.15, -0.1) is 0 Å². The van der Waals surface area contributed by atoms with Crippen molar-refractivity contribution in [3.63, 3.8) is 0 Å². The summed E-state index contributed by atoms with van der Waals surface area (Å²) in [6.07, 6.45) is 4.57. The zero-order valence-corrected chi connectivity index (χ0v) is 19.7. The lowest BCUT2D eigenvalue weighted by atomic mass is 10.1. The maximum Gasteiger partial charge on any atom is 0.230 e. The molecule has 0 aliphatic heterocycles. The Labute approximate surface area is 201 Å². The number of benzene rings is 2. The van der Waals surface area contributed by atoms with Crippen LogP contribution in [0.2, 0.25) is 15.1 Å². The minimum atomic E-state index is -0.685. The van der Waals surface area contributed by atoms with Crippen LogP contribution in [0.3, 0.4) is 0 Å². The SMILES string of the molecule is CC(C)(CN)Oc1cc(Cl)c(Cl)cc1Oc1ncccc1C(=O)C=Cc1ccccc1Cl. The number of pyridine rings is 1. The van der Waals surface area contributed by atoms with Crippen LogP contribution in [0.5, 0.6) is 17.4 Å². The molecule has 0 aliphatic rings. The number of nitrogens with two attached hydrogens (primary N) is 1. The molecule has 0 saturated heterocycles.